The average molecular weight is 357 g/mol. The van der Waals surface area contributed by atoms with E-state index in [0.29, 0.717) is 5.56 Å². The zero-order valence-corrected chi connectivity index (χ0v) is 12.9. The molecule has 0 radical (unpaired) electrons. The van der Waals surface area contributed by atoms with Crippen LogP contribution >= 0.6 is 28.1 Å². The van der Waals surface area contributed by atoms with Gasteiger partial charge in [-0.1, -0.05) is 18.3 Å². The summed E-state index contributed by atoms with van der Waals surface area (Å²) < 4.78 is 28.1. The summed E-state index contributed by atoms with van der Waals surface area (Å²) in [4.78, 5) is 0.0869. The smallest absolute Gasteiger partial charge is 0.161 e. The predicted octanol–water partition coefficient (Wildman–Crippen LogP) is 4.41. The fourth-order valence-electron chi connectivity index (χ4n) is 1.70. The number of nitrogens with two attached hydrogens (primary N) is 1. The Morgan fingerprint density at radius 1 is 1.20 bits per heavy atom. The highest BCUT2D eigenvalue weighted by Crippen LogP contribution is 2.30. The standard InChI is InChI=1S/C14H11BrF2N2S/c1-7-2-4-10(9(16)6-7)19-11-5-3-8(14(18)20)12(15)13(11)17/h2-6,19H,1H3,(H2,18,20). The van der Waals surface area contributed by atoms with Crippen molar-refractivity contribution in [2.45, 2.75) is 6.92 Å². The quantitative estimate of drug-likeness (QED) is 0.799. The van der Waals surface area contributed by atoms with E-state index in [1.54, 1.807) is 25.1 Å². The van der Waals surface area contributed by atoms with E-state index in [0.717, 1.165) is 5.56 Å². The Bertz CT molecular complexity index is 689. The van der Waals surface area contributed by atoms with Crippen LogP contribution in [0.5, 0.6) is 0 Å². The van der Waals surface area contributed by atoms with Crippen molar-refractivity contribution < 1.29 is 8.78 Å². The van der Waals surface area contributed by atoms with Crippen LogP contribution in [0.25, 0.3) is 0 Å². The van der Waals surface area contributed by atoms with Gasteiger partial charge in [-0.15, -0.1) is 0 Å². The van der Waals surface area contributed by atoms with Gasteiger partial charge >= 0.3 is 0 Å². The lowest BCUT2D eigenvalue weighted by Gasteiger charge is -2.12. The molecule has 0 aliphatic rings. The summed E-state index contributed by atoms with van der Waals surface area (Å²) >= 11 is 7.92. The minimum Gasteiger partial charge on any atom is -0.389 e. The monoisotopic (exact) mass is 356 g/mol. The summed E-state index contributed by atoms with van der Waals surface area (Å²) in [5, 5.41) is 2.71. The number of anilines is 2. The summed E-state index contributed by atoms with van der Waals surface area (Å²) in [6.45, 7) is 1.78. The van der Waals surface area contributed by atoms with E-state index in [1.165, 1.54) is 12.1 Å². The van der Waals surface area contributed by atoms with Crippen LogP contribution in [-0.4, -0.2) is 4.99 Å². The van der Waals surface area contributed by atoms with Crippen molar-refractivity contribution >= 4 is 44.5 Å². The van der Waals surface area contributed by atoms with E-state index in [2.05, 4.69) is 21.2 Å². The molecule has 0 spiro atoms. The number of thiocarbonyl (C=S) groups is 1. The predicted molar refractivity (Wildman–Crippen MR) is 84.4 cm³/mol. The van der Waals surface area contributed by atoms with E-state index in [4.69, 9.17) is 18.0 Å². The third-order valence-electron chi connectivity index (χ3n) is 2.74. The molecule has 0 heterocycles. The molecule has 0 amide bonds. The van der Waals surface area contributed by atoms with Gasteiger partial charge in [-0.25, -0.2) is 8.78 Å². The maximum atomic E-state index is 14.2. The first-order valence-corrected chi connectivity index (χ1v) is 6.91. The maximum Gasteiger partial charge on any atom is 0.161 e. The second-order valence-corrected chi connectivity index (χ2v) is 5.49. The molecule has 0 atom stereocenters. The average Bonchev–Trinajstić information content (AvgIpc) is 2.37. The van der Waals surface area contributed by atoms with Crippen LogP contribution in [0.2, 0.25) is 0 Å². The van der Waals surface area contributed by atoms with E-state index in [1.807, 2.05) is 0 Å². The number of nitrogens with one attached hydrogen (secondary N) is 1. The van der Waals surface area contributed by atoms with Gasteiger partial charge in [-0.3, -0.25) is 0 Å². The van der Waals surface area contributed by atoms with E-state index >= 15 is 0 Å². The first kappa shape index (κ1) is 14.9. The van der Waals surface area contributed by atoms with Crippen LogP contribution in [0.1, 0.15) is 11.1 Å². The van der Waals surface area contributed by atoms with Crippen molar-refractivity contribution in [1.82, 2.24) is 0 Å². The molecule has 3 N–H and O–H groups in total. The number of rotatable bonds is 3. The highest BCUT2D eigenvalue weighted by atomic mass is 79.9. The van der Waals surface area contributed by atoms with E-state index < -0.39 is 11.6 Å². The second-order valence-electron chi connectivity index (χ2n) is 4.26. The van der Waals surface area contributed by atoms with Crippen molar-refractivity contribution in [2.24, 2.45) is 5.73 Å². The van der Waals surface area contributed by atoms with Crippen LogP contribution in [0.15, 0.2) is 34.8 Å². The summed E-state index contributed by atoms with van der Waals surface area (Å²) in [5.74, 6) is -1.02. The molecule has 2 nitrogen and oxygen atoms in total. The van der Waals surface area contributed by atoms with Crippen LogP contribution in [0.3, 0.4) is 0 Å². The Morgan fingerprint density at radius 3 is 2.45 bits per heavy atom. The number of benzene rings is 2. The molecule has 0 saturated heterocycles. The molecule has 0 aliphatic heterocycles. The maximum absolute atomic E-state index is 14.2. The van der Waals surface area contributed by atoms with Gasteiger partial charge in [0.15, 0.2) is 5.82 Å². The molecule has 2 aromatic rings. The van der Waals surface area contributed by atoms with Gasteiger partial charge in [0, 0.05) is 5.56 Å². The Morgan fingerprint density at radius 2 is 1.85 bits per heavy atom. The summed E-state index contributed by atoms with van der Waals surface area (Å²) in [5.41, 5.74) is 7.00. The highest BCUT2D eigenvalue weighted by Gasteiger charge is 2.14. The molecule has 0 aliphatic carbocycles. The fourth-order valence-corrected chi connectivity index (χ4v) is 2.56. The Balaban J connectivity index is 2.39. The molecule has 6 heteroatoms. The van der Waals surface area contributed by atoms with Crippen molar-refractivity contribution in [3.05, 3.63) is 57.6 Å². The van der Waals surface area contributed by atoms with Crippen molar-refractivity contribution in [2.75, 3.05) is 5.32 Å². The molecule has 104 valence electrons. The lowest BCUT2D eigenvalue weighted by molar-refractivity contribution is 0.621. The van der Waals surface area contributed by atoms with Crippen molar-refractivity contribution in [1.29, 1.82) is 0 Å². The van der Waals surface area contributed by atoms with Crippen LogP contribution in [0.4, 0.5) is 20.2 Å². The molecule has 20 heavy (non-hydrogen) atoms. The lowest BCUT2D eigenvalue weighted by Crippen LogP contribution is -2.11. The SMILES string of the molecule is Cc1ccc(Nc2ccc(C(N)=S)c(Br)c2F)c(F)c1. The van der Waals surface area contributed by atoms with Gasteiger partial charge in [0.05, 0.1) is 15.8 Å². The molecule has 2 aromatic carbocycles. The zero-order chi connectivity index (χ0) is 14.9. The molecular weight excluding hydrogens is 346 g/mol. The topological polar surface area (TPSA) is 38.0 Å². The number of halogens is 3. The van der Waals surface area contributed by atoms with Crippen LogP contribution in [-0.2, 0) is 0 Å². The Hall–Kier alpha value is -1.53. The largest absolute Gasteiger partial charge is 0.389 e. The van der Waals surface area contributed by atoms with Crippen molar-refractivity contribution in [3.8, 4) is 0 Å². The van der Waals surface area contributed by atoms with Gasteiger partial charge in [-0.05, 0) is 52.7 Å². The number of hydrogen-bond donors (Lipinski definition) is 2. The second kappa shape index (κ2) is 5.85. The molecule has 0 bridgehead atoms. The molecule has 0 unspecified atom stereocenters. The van der Waals surface area contributed by atoms with Gasteiger partial charge in [0.25, 0.3) is 0 Å². The Kier molecular flexibility index (Phi) is 4.35. The number of hydrogen-bond acceptors (Lipinski definition) is 2. The summed E-state index contributed by atoms with van der Waals surface area (Å²) in [6.07, 6.45) is 0. The number of aryl methyl sites for hydroxylation is 1. The molecule has 0 saturated carbocycles. The third kappa shape index (κ3) is 2.96. The Labute approximate surface area is 129 Å². The minimum atomic E-state index is -0.574. The molecule has 0 aromatic heterocycles. The van der Waals surface area contributed by atoms with Crippen LogP contribution in [0, 0.1) is 18.6 Å². The van der Waals surface area contributed by atoms with Gasteiger partial charge in [-0.2, -0.15) is 0 Å². The highest BCUT2D eigenvalue weighted by molar-refractivity contribution is 9.10. The summed E-state index contributed by atoms with van der Waals surface area (Å²) in [6, 6.07) is 7.71. The zero-order valence-electron chi connectivity index (χ0n) is 10.5. The lowest BCUT2D eigenvalue weighted by atomic mass is 10.1. The first-order chi connectivity index (χ1) is 9.40. The van der Waals surface area contributed by atoms with Crippen LogP contribution < -0.4 is 11.1 Å². The van der Waals surface area contributed by atoms with Crippen molar-refractivity contribution in [3.63, 3.8) is 0 Å². The molecular formula is C14H11BrF2N2S. The van der Waals surface area contributed by atoms with E-state index in [9.17, 15) is 8.78 Å². The first-order valence-electron chi connectivity index (χ1n) is 5.71. The molecule has 0 fully saturated rings. The van der Waals surface area contributed by atoms with Gasteiger partial charge in [0.1, 0.15) is 10.8 Å². The van der Waals surface area contributed by atoms with E-state index in [-0.39, 0.29) is 20.8 Å². The minimum absolute atomic E-state index is 0.0869. The van der Waals surface area contributed by atoms with Gasteiger partial charge in [0.2, 0.25) is 0 Å². The normalized spacial score (nSPS) is 10.4. The van der Waals surface area contributed by atoms with Gasteiger partial charge < -0.3 is 11.1 Å². The molecule has 2 rings (SSSR count). The third-order valence-corrected chi connectivity index (χ3v) is 3.74. The fraction of sp³-hybridized carbons (Fsp3) is 0.0714. The summed E-state index contributed by atoms with van der Waals surface area (Å²) in [7, 11) is 0.